The van der Waals surface area contributed by atoms with Crippen LogP contribution in [0.15, 0.2) is 36.4 Å². The van der Waals surface area contributed by atoms with E-state index in [1.54, 1.807) is 6.07 Å². The number of hydrogen-bond acceptors (Lipinski definition) is 2. The summed E-state index contributed by atoms with van der Waals surface area (Å²) < 4.78 is 2.02. The van der Waals surface area contributed by atoms with Crippen molar-refractivity contribution >= 4 is 40.2 Å². The first-order valence-electron chi connectivity index (χ1n) is 6.71. The lowest BCUT2D eigenvalue weighted by molar-refractivity contribution is 0.726. The van der Waals surface area contributed by atoms with Crippen LogP contribution in [0.25, 0.3) is 11.0 Å². The third-order valence-corrected chi connectivity index (χ3v) is 4.22. The molecule has 0 bridgehead atoms. The fourth-order valence-corrected chi connectivity index (χ4v) is 3.00. The Morgan fingerprint density at radius 2 is 2.00 bits per heavy atom. The predicted octanol–water partition coefficient (Wildman–Crippen LogP) is 4.48. The van der Waals surface area contributed by atoms with Crippen LogP contribution < -0.4 is 5.73 Å². The molecule has 0 saturated heterocycles. The number of benzene rings is 2. The van der Waals surface area contributed by atoms with Gasteiger partial charge in [-0.2, -0.15) is 0 Å². The lowest BCUT2D eigenvalue weighted by atomic mass is 10.1. The number of nitrogen functional groups attached to an aromatic ring is 1. The third-order valence-electron chi connectivity index (χ3n) is 3.63. The fourth-order valence-electron chi connectivity index (χ4n) is 2.50. The van der Waals surface area contributed by atoms with Crippen molar-refractivity contribution in [2.45, 2.75) is 19.9 Å². The zero-order chi connectivity index (χ0) is 15.0. The monoisotopic (exact) mass is 319 g/mol. The Morgan fingerprint density at radius 3 is 2.76 bits per heavy atom. The van der Waals surface area contributed by atoms with Crippen LogP contribution in [0.1, 0.15) is 11.1 Å². The highest BCUT2D eigenvalue weighted by Crippen LogP contribution is 2.24. The molecule has 3 aromatic rings. The molecule has 0 aliphatic heterocycles. The highest BCUT2D eigenvalue weighted by molar-refractivity contribution is 6.35. The van der Waals surface area contributed by atoms with E-state index in [9.17, 15) is 0 Å². The Kier molecular flexibility index (Phi) is 3.79. The second-order valence-corrected chi connectivity index (χ2v) is 5.89. The Hall–Kier alpha value is -1.71. The maximum atomic E-state index is 6.21. The zero-order valence-corrected chi connectivity index (χ0v) is 13.1. The predicted molar refractivity (Wildman–Crippen MR) is 89.0 cm³/mol. The van der Waals surface area contributed by atoms with Crippen molar-refractivity contribution in [3.05, 3.63) is 57.6 Å². The molecule has 2 aromatic carbocycles. The van der Waals surface area contributed by atoms with Gasteiger partial charge in [-0.05, 0) is 42.7 Å². The quantitative estimate of drug-likeness (QED) is 0.773. The molecule has 0 aliphatic carbocycles. The van der Waals surface area contributed by atoms with Gasteiger partial charge in [0.2, 0.25) is 5.95 Å². The van der Waals surface area contributed by atoms with Crippen molar-refractivity contribution in [1.82, 2.24) is 9.55 Å². The summed E-state index contributed by atoms with van der Waals surface area (Å²) in [6.07, 6.45) is 0.777. The van der Waals surface area contributed by atoms with Gasteiger partial charge < -0.3 is 10.3 Å². The number of fused-ring (bicyclic) bond motifs is 1. The van der Waals surface area contributed by atoms with Gasteiger partial charge in [0.15, 0.2) is 0 Å². The van der Waals surface area contributed by atoms with Crippen molar-refractivity contribution in [2.24, 2.45) is 0 Å². The maximum absolute atomic E-state index is 6.21. The highest BCUT2D eigenvalue weighted by Gasteiger charge is 2.10. The van der Waals surface area contributed by atoms with Crippen molar-refractivity contribution in [1.29, 1.82) is 0 Å². The first kappa shape index (κ1) is 14.2. The number of aryl methyl sites for hydroxylation is 3. The number of nitrogens with zero attached hydrogens (tertiary/aromatic N) is 2. The summed E-state index contributed by atoms with van der Waals surface area (Å²) in [6.45, 7) is 2.77. The van der Waals surface area contributed by atoms with Crippen LogP contribution in [0.3, 0.4) is 0 Å². The molecule has 0 unspecified atom stereocenters. The number of halogens is 2. The van der Waals surface area contributed by atoms with Crippen LogP contribution in [0.2, 0.25) is 10.0 Å². The van der Waals surface area contributed by atoms with Gasteiger partial charge in [-0.15, -0.1) is 0 Å². The van der Waals surface area contributed by atoms with Crippen LogP contribution in [-0.4, -0.2) is 9.55 Å². The molecule has 0 atom stereocenters. The molecule has 0 amide bonds. The van der Waals surface area contributed by atoms with E-state index in [1.165, 1.54) is 0 Å². The lowest BCUT2D eigenvalue weighted by Crippen LogP contribution is -2.06. The van der Waals surface area contributed by atoms with Gasteiger partial charge >= 0.3 is 0 Å². The third kappa shape index (κ3) is 2.71. The molecule has 3 rings (SSSR count). The van der Waals surface area contributed by atoms with E-state index >= 15 is 0 Å². The molecule has 1 aromatic heterocycles. The number of anilines is 1. The molecule has 0 aliphatic rings. The van der Waals surface area contributed by atoms with Crippen LogP contribution in [-0.2, 0) is 13.0 Å². The first-order chi connectivity index (χ1) is 10.1. The number of nitrogens with two attached hydrogens (primary N) is 1. The largest absolute Gasteiger partial charge is 0.369 e. The topological polar surface area (TPSA) is 43.8 Å². The standard InChI is InChI=1S/C16H15Cl2N3/c1-10-3-2-4-14-15(10)20-16(19)21(14)8-7-11-5-6-12(17)9-13(11)18/h2-6,9H,7-8H2,1H3,(H2,19,20). The van der Waals surface area contributed by atoms with E-state index in [0.29, 0.717) is 16.0 Å². The Balaban J connectivity index is 1.92. The Morgan fingerprint density at radius 1 is 1.19 bits per heavy atom. The van der Waals surface area contributed by atoms with E-state index in [1.807, 2.05) is 41.8 Å². The van der Waals surface area contributed by atoms with Gasteiger partial charge in [-0.1, -0.05) is 41.4 Å². The van der Waals surface area contributed by atoms with Gasteiger partial charge in [-0.25, -0.2) is 4.98 Å². The summed E-state index contributed by atoms with van der Waals surface area (Å²) in [6, 6.07) is 11.7. The molecular weight excluding hydrogens is 305 g/mol. The van der Waals surface area contributed by atoms with Crippen LogP contribution in [0.5, 0.6) is 0 Å². The fraction of sp³-hybridized carbons (Fsp3) is 0.188. The van der Waals surface area contributed by atoms with Gasteiger partial charge in [0.05, 0.1) is 11.0 Å². The average Bonchev–Trinajstić information content (AvgIpc) is 2.76. The minimum atomic E-state index is 0.532. The molecular formula is C16H15Cl2N3. The van der Waals surface area contributed by atoms with Gasteiger partial charge in [0.1, 0.15) is 0 Å². The number of rotatable bonds is 3. The number of para-hydroxylation sites is 1. The minimum Gasteiger partial charge on any atom is -0.369 e. The number of hydrogen-bond donors (Lipinski definition) is 1. The van der Waals surface area contributed by atoms with Crippen LogP contribution in [0.4, 0.5) is 5.95 Å². The maximum Gasteiger partial charge on any atom is 0.201 e. The lowest BCUT2D eigenvalue weighted by Gasteiger charge is -2.08. The summed E-state index contributed by atoms with van der Waals surface area (Å²) in [5, 5.41) is 1.33. The summed E-state index contributed by atoms with van der Waals surface area (Å²) in [5.74, 6) is 0.532. The second-order valence-electron chi connectivity index (χ2n) is 5.05. The molecule has 1 heterocycles. The number of imidazole rings is 1. The molecule has 3 nitrogen and oxygen atoms in total. The van der Waals surface area contributed by atoms with E-state index in [4.69, 9.17) is 28.9 Å². The van der Waals surface area contributed by atoms with Crippen molar-refractivity contribution in [2.75, 3.05) is 5.73 Å². The van der Waals surface area contributed by atoms with Crippen molar-refractivity contribution in [3.63, 3.8) is 0 Å². The molecule has 0 spiro atoms. The molecule has 0 saturated carbocycles. The van der Waals surface area contributed by atoms with Gasteiger partial charge in [-0.3, -0.25) is 0 Å². The smallest absolute Gasteiger partial charge is 0.201 e. The Labute approximate surface area is 133 Å². The first-order valence-corrected chi connectivity index (χ1v) is 7.47. The van der Waals surface area contributed by atoms with Gasteiger partial charge in [0.25, 0.3) is 0 Å². The van der Waals surface area contributed by atoms with E-state index < -0.39 is 0 Å². The summed E-state index contributed by atoms with van der Waals surface area (Å²) in [7, 11) is 0. The molecule has 2 N–H and O–H groups in total. The molecule has 5 heteroatoms. The van der Waals surface area contributed by atoms with E-state index in [0.717, 1.165) is 35.1 Å². The Bertz CT molecular complexity index is 809. The summed E-state index contributed by atoms with van der Waals surface area (Å²) >= 11 is 12.1. The van der Waals surface area contributed by atoms with Crippen LogP contribution >= 0.6 is 23.2 Å². The van der Waals surface area contributed by atoms with Gasteiger partial charge in [0, 0.05) is 16.6 Å². The normalized spacial score (nSPS) is 11.2. The van der Waals surface area contributed by atoms with E-state index in [-0.39, 0.29) is 0 Å². The molecule has 21 heavy (non-hydrogen) atoms. The zero-order valence-electron chi connectivity index (χ0n) is 11.6. The molecule has 0 fully saturated rings. The van der Waals surface area contributed by atoms with Crippen LogP contribution in [0, 0.1) is 6.92 Å². The SMILES string of the molecule is Cc1cccc2c1nc(N)n2CCc1ccc(Cl)cc1Cl. The van der Waals surface area contributed by atoms with Crippen molar-refractivity contribution < 1.29 is 0 Å². The van der Waals surface area contributed by atoms with E-state index in [2.05, 4.69) is 4.98 Å². The highest BCUT2D eigenvalue weighted by atomic mass is 35.5. The molecule has 108 valence electrons. The van der Waals surface area contributed by atoms with Crippen molar-refractivity contribution in [3.8, 4) is 0 Å². The summed E-state index contributed by atoms with van der Waals surface area (Å²) in [5.41, 5.74) is 10.2. The summed E-state index contributed by atoms with van der Waals surface area (Å²) in [4.78, 5) is 4.45. The molecule has 0 radical (unpaired) electrons. The number of aromatic nitrogens is 2. The second kappa shape index (κ2) is 5.58. The average molecular weight is 320 g/mol. The minimum absolute atomic E-state index is 0.532.